The Morgan fingerprint density at radius 3 is 2.35 bits per heavy atom. The van der Waals surface area contributed by atoms with E-state index >= 15 is 0 Å². The summed E-state index contributed by atoms with van der Waals surface area (Å²) in [6.45, 7) is 0.473. The van der Waals surface area contributed by atoms with Crippen LogP contribution in [-0.4, -0.2) is 16.0 Å². The molecule has 0 spiro atoms. The minimum absolute atomic E-state index is 0.222. The maximum Gasteiger partial charge on any atom is 0.293 e. The van der Waals surface area contributed by atoms with Crippen molar-refractivity contribution in [3.05, 3.63) is 113 Å². The summed E-state index contributed by atoms with van der Waals surface area (Å²) >= 11 is 20.2. The van der Waals surface area contributed by atoms with E-state index in [0.29, 0.717) is 29.6 Å². The average Bonchev–Trinajstić information content (AvgIpc) is 3.12. The number of fused-ring (bicyclic) bond motifs is 1. The lowest BCUT2D eigenvalue weighted by Crippen LogP contribution is -2.27. The number of benzene rings is 4. The Kier molecular flexibility index (Phi) is 7.98. The normalized spacial score (nSPS) is 14.7. The smallest absolute Gasteiger partial charge is 0.293 e. The summed E-state index contributed by atoms with van der Waals surface area (Å²) in [7, 11) is 0. The van der Waals surface area contributed by atoms with Crippen molar-refractivity contribution in [1.29, 1.82) is 0 Å². The van der Waals surface area contributed by atoms with Gasteiger partial charge in [0.25, 0.3) is 11.1 Å². The lowest BCUT2D eigenvalue weighted by Gasteiger charge is -2.13. The first kappa shape index (κ1) is 26.3. The van der Waals surface area contributed by atoms with Crippen LogP contribution in [0.4, 0.5) is 4.79 Å². The third kappa shape index (κ3) is 5.91. The Labute approximate surface area is 244 Å². The Morgan fingerprint density at radius 1 is 0.892 bits per heavy atom. The largest absolute Gasteiger partial charge is 0.486 e. The molecule has 0 aromatic heterocycles. The molecule has 0 atom stereocenters. The fourth-order valence-electron chi connectivity index (χ4n) is 3.90. The van der Waals surface area contributed by atoms with Crippen molar-refractivity contribution in [1.82, 2.24) is 4.90 Å². The molecule has 0 saturated carbocycles. The number of carbonyl (C=O) groups is 2. The third-order valence-corrected chi connectivity index (χ3v) is 8.41. The highest BCUT2D eigenvalue weighted by molar-refractivity contribution is 9.11. The van der Waals surface area contributed by atoms with Gasteiger partial charge in [-0.15, -0.1) is 0 Å². The van der Waals surface area contributed by atoms with Crippen LogP contribution in [0.25, 0.3) is 16.8 Å². The van der Waals surface area contributed by atoms with Gasteiger partial charge in [0, 0.05) is 15.6 Å². The van der Waals surface area contributed by atoms with Gasteiger partial charge in [-0.1, -0.05) is 65.7 Å². The molecular formula is C28H17Br2Cl2NO3S. The first-order valence-corrected chi connectivity index (χ1v) is 14.2. The monoisotopic (exact) mass is 675 g/mol. The molecule has 0 bridgehead atoms. The molecule has 5 rings (SSSR count). The first-order chi connectivity index (χ1) is 17.8. The highest BCUT2D eigenvalue weighted by Crippen LogP contribution is 2.39. The maximum atomic E-state index is 13.1. The van der Waals surface area contributed by atoms with Crippen LogP contribution in [-0.2, 0) is 17.9 Å². The van der Waals surface area contributed by atoms with Crippen molar-refractivity contribution in [2.45, 2.75) is 13.2 Å². The maximum absolute atomic E-state index is 13.1. The van der Waals surface area contributed by atoms with Crippen molar-refractivity contribution in [2.24, 2.45) is 0 Å². The molecule has 1 aliphatic heterocycles. The van der Waals surface area contributed by atoms with Crippen LogP contribution in [0.5, 0.6) is 5.75 Å². The van der Waals surface area contributed by atoms with Crippen molar-refractivity contribution < 1.29 is 14.3 Å². The quantitative estimate of drug-likeness (QED) is 0.191. The zero-order chi connectivity index (χ0) is 26.1. The molecule has 1 saturated heterocycles. The number of hydrogen-bond acceptors (Lipinski definition) is 4. The van der Waals surface area contributed by atoms with Gasteiger partial charge in [0.15, 0.2) is 0 Å². The summed E-state index contributed by atoms with van der Waals surface area (Å²) in [5, 5.41) is 2.97. The van der Waals surface area contributed by atoms with E-state index in [9.17, 15) is 9.59 Å². The van der Waals surface area contributed by atoms with Crippen LogP contribution in [0, 0.1) is 0 Å². The second-order valence-electron chi connectivity index (χ2n) is 8.29. The van der Waals surface area contributed by atoms with Gasteiger partial charge >= 0.3 is 0 Å². The molecule has 0 aliphatic carbocycles. The summed E-state index contributed by atoms with van der Waals surface area (Å²) in [5.41, 5.74) is 2.44. The van der Waals surface area contributed by atoms with Gasteiger partial charge in [0.05, 0.1) is 20.4 Å². The fourth-order valence-corrected chi connectivity index (χ4v) is 6.65. The molecule has 4 aromatic carbocycles. The van der Waals surface area contributed by atoms with Crippen LogP contribution >= 0.6 is 66.8 Å². The molecular weight excluding hydrogens is 661 g/mol. The predicted molar refractivity (Wildman–Crippen MR) is 158 cm³/mol. The Bertz CT molecular complexity index is 1570. The summed E-state index contributed by atoms with van der Waals surface area (Å²) in [5.74, 6) is 0.278. The molecule has 1 heterocycles. The van der Waals surface area contributed by atoms with Crippen LogP contribution in [0.1, 0.15) is 16.7 Å². The summed E-state index contributed by atoms with van der Waals surface area (Å²) in [4.78, 5) is 27.4. The topological polar surface area (TPSA) is 46.6 Å². The minimum atomic E-state index is -0.312. The lowest BCUT2D eigenvalue weighted by atomic mass is 10.1. The van der Waals surface area contributed by atoms with E-state index in [-0.39, 0.29) is 24.3 Å². The number of halogens is 4. The summed E-state index contributed by atoms with van der Waals surface area (Å²) in [6.07, 6.45) is 1.71. The van der Waals surface area contributed by atoms with Crippen LogP contribution < -0.4 is 4.74 Å². The molecule has 37 heavy (non-hydrogen) atoms. The van der Waals surface area contributed by atoms with Crippen molar-refractivity contribution in [2.75, 3.05) is 0 Å². The van der Waals surface area contributed by atoms with Crippen LogP contribution in [0.15, 0.2) is 86.6 Å². The van der Waals surface area contributed by atoms with Gasteiger partial charge in [-0.05, 0) is 102 Å². The van der Waals surface area contributed by atoms with Gasteiger partial charge in [-0.3, -0.25) is 14.5 Å². The summed E-state index contributed by atoms with van der Waals surface area (Å²) in [6, 6.07) is 22.8. The molecule has 186 valence electrons. The molecule has 4 nitrogen and oxygen atoms in total. The van der Waals surface area contributed by atoms with Crippen LogP contribution in [0.3, 0.4) is 0 Å². The highest BCUT2D eigenvalue weighted by Gasteiger charge is 2.35. The number of rotatable bonds is 6. The molecule has 9 heteroatoms. The number of ether oxygens (including phenoxy) is 1. The summed E-state index contributed by atoms with van der Waals surface area (Å²) < 4.78 is 7.35. The molecule has 2 amide bonds. The highest BCUT2D eigenvalue weighted by atomic mass is 79.9. The molecule has 0 unspecified atom stereocenters. The zero-order valence-electron chi connectivity index (χ0n) is 19.0. The van der Waals surface area contributed by atoms with E-state index in [2.05, 4.69) is 31.9 Å². The number of nitrogens with zero attached hydrogens (tertiary/aromatic N) is 1. The van der Waals surface area contributed by atoms with E-state index in [1.54, 1.807) is 18.2 Å². The van der Waals surface area contributed by atoms with Gasteiger partial charge in [0.2, 0.25) is 0 Å². The Hall–Kier alpha value is -2.29. The average molecular weight is 678 g/mol. The molecule has 4 aromatic rings. The molecule has 1 fully saturated rings. The van der Waals surface area contributed by atoms with E-state index < -0.39 is 0 Å². The standard InChI is InChI=1S/C28H17Br2Cl2NO3S/c29-22-10-17(11-23(30)26(22)36-15-20-7-8-21(31)13-24(20)32)12-25-27(34)33(28(35)37-25)14-16-5-6-18-3-1-2-4-19(18)9-16/h1-13H,14-15H2/b25-12-. The number of hydrogen-bond donors (Lipinski definition) is 0. The van der Waals surface area contributed by atoms with E-state index in [0.717, 1.165) is 39.2 Å². The first-order valence-electron chi connectivity index (χ1n) is 11.1. The Balaban J connectivity index is 1.32. The zero-order valence-corrected chi connectivity index (χ0v) is 24.5. The number of thioether (sulfide) groups is 1. The fraction of sp³-hybridized carbons (Fsp3) is 0.0714. The van der Waals surface area contributed by atoms with Gasteiger partial charge < -0.3 is 4.74 Å². The SMILES string of the molecule is O=C1S/C(=C\c2cc(Br)c(OCc3ccc(Cl)cc3Cl)c(Br)c2)C(=O)N1Cc1ccc2ccccc2c1. The molecule has 0 radical (unpaired) electrons. The number of amides is 2. The second-order valence-corrected chi connectivity index (χ2v) is 11.8. The number of imide groups is 1. The van der Waals surface area contributed by atoms with Gasteiger partial charge in [-0.2, -0.15) is 0 Å². The minimum Gasteiger partial charge on any atom is -0.486 e. The van der Waals surface area contributed by atoms with Crippen molar-refractivity contribution in [3.63, 3.8) is 0 Å². The predicted octanol–water partition coefficient (Wildman–Crippen LogP) is 9.49. The third-order valence-electron chi connectivity index (χ3n) is 5.73. The van der Waals surface area contributed by atoms with E-state index in [1.165, 1.54) is 4.90 Å². The van der Waals surface area contributed by atoms with E-state index in [4.69, 9.17) is 27.9 Å². The lowest BCUT2D eigenvalue weighted by molar-refractivity contribution is -0.123. The second kappa shape index (κ2) is 11.2. The van der Waals surface area contributed by atoms with Gasteiger partial charge in [-0.25, -0.2) is 0 Å². The number of carbonyl (C=O) groups excluding carboxylic acids is 2. The van der Waals surface area contributed by atoms with E-state index in [1.807, 2.05) is 60.7 Å². The van der Waals surface area contributed by atoms with Crippen molar-refractivity contribution >= 4 is 94.8 Å². The van der Waals surface area contributed by atoms with Crippen molar-refractivity contribution in [3.8, 4) is 5.75 Å². The molecule has 1 aliphatic rings. The Morgan fingerprint density at radius 2 is 1.62 bits per heavy atom. The van der Waals surface area contributed by atoms with Gasteiger partial charge in [0.1, 0.15) is 12.4 Å². The molecule has 0 N–H and O–H groups in total. The van der Waals surface area contributed by atoms with Crippen LogP contribution in [0.2, 0.25) is 10.0 Å².